The highest BCUT2D eigenvalue weighted by Crippen LogP contribution is 2.25. The molecule has 2 rings (SSSR count). The van der Waals surface area contributed by atoms with E-state index in [2.05, 4.69) is 10.4 Å². The van der Waals surface area contributed by atoms with E-state index in [0.29, 0.717) is 17.1 Å². The predicted octanol–water partition coefficient (Wildman–Crippen LogP) is 1.25. The summed E-state index contributed by atoms with van der Waals surface area (Å²) in [5, 5.41) is 17.7. The molecule has 0 fully saturated rings. The monoisotopic (exact) mass is 290 g/mol. The molecule has 110 valence electrons. The van der Waals surface area contributed by atoms with E-state index in [4.69, 9.17) is 4.74 Å². The molecule has 8 heteroatoms. The highest BCUT2D eigenvalue weighted by atomic mass is 16.6. The van der Waals surface area contributed by atoms with Gasteiger partial charge in [-0.25, -0.2) is 4.68 Å². The third-order valence-corrected chi connectivity index (χ3v) is 2.91. The van der Waals surface area contributed by atoms with Crippen LogP contribution in [0.15, 0.2) is 35.1 Å². The van der Waals surface area contributed by atoms with Crippen molar-refractivity contribution >= 4 is 11.4 Å². The molecule has 8 nitrogen and oxygen atoms in total. The van der Waals surface area contributed by atoms with Gasteiger partial charge in [0.05, 0.1) is 18.6 Å². The fourth-order valence-electron chi connectivity index (χ4n) is 1.87. The Morgan fingerprint density at radius 2 is 2.14 bits per heavy atom. The maximum absolute atomic E-state index is 11.7. The Labute approximate surface area is 120 Å². The normalized spacial score (nSPS) is 10.2. The maximum Gasteiger partial charge on any atom is 0.292 e. The zero-order valence-electron chi connectivity index (χ0n) is 11.6. The Balaban J connectivity index is 2.36. The van der Waals surface area contributed by atoms with Gasteiger partial charge >= 0.3 is 0 Å². The molecule has 0 saturated carbocycles. The molecule has 2 aromatic rings. The standard InChI is InChI=1S/C13H14N4O4/c1-14-10-7-9(3-4-11(10)17(19)20)8-16-13(18)6-5-12(15-16)21-2/h3-7,14H,8H2,1-2H3. The first-order valence-electron chi connectivity index (χ1n) is 6.12. The molecule has 1 heterocycles. The van der Waals surface area contributed by atoms with Crippen LogP contribution in [0.1, 0.15) is 5.56 Å². The van der Waals surface area contributed by atoms with Crippen molar-refractivity contribution in [2.24, 2.45) is 0 Å². The number of rotatable bonds is 5. The van der Waals surface area contributed by atoms with Gasteiger partial charge in [0.1, 0.15) is 5.69 Å². The second-order valence-corrected chi connectivity index (χ2v) is 4.23. The third-order valence-electron chi connectivity index (χ3n) is 2.91. The number of ether oxygens (including phenoxy) is 1. The van der Waals surface area contributed by atoms with Gasteiger partial charge < -0.3 is 10.1 Å². The Hall–Kier alpha value is -2.90. The van der Waals surface area contributed by atoms with Crippen molar-refractivity contribution < 1.29 is 9.66 Å². The minimum Gasteiger partial charge on any atom is -0.480 e. The van der Waals surface area contributed by atoms with Crippen LogP contribution in [0.25, 0.3) is 0 Å². The molecule has 1 aromatic heterocycles. The molecule has 0 spiro atoms. The zero-order valence-corrected chi connectivity index (χ0v) is 11.6. The summed E-state index contributed by atoms with van der Waals surface area (Å²) >= 11 is 0. The molecular formula is C13H14N4O4. The molecule has 0 amide bonds. The molecule has 1 N–H and O–H groups in total. The molecule has 0 aliphatic heterocycles. The van der Waals surface area contributed by atoms with Gasteiger partial charge in [0.25, 0.3) is 11.2 Å². The second kappa shape index (κ2) is 6.04. The summed E-state index contributed by atoms with van der Waals surface area (Å²) in [7, 11) is 3.06. The summed E-state index contributed by atoms with van der Waals surface area (Å²) in [6.45, 7) is 0.197. The van der Waals surface area contributed by atoms with Crippen LogP contribution in [0.3, 0.4) is 0 Å². The lowest BCUT2D eigenvalue weighted by Crippen LogP contribution is -2.22. The van der Waals surface area contributed by atoms with Gasteiger partial charge in [0.15, 0.2) is 0 Å². The number of anilines is 1. The summed E-state index contributed by atoms with van der Waals surface area (Å²) in [6, 6.07) is 7.44. The first kappa shape index (κ1) is 14.5. The average Bonchev–Trinajstić information content (AvgIpc) is 2.49. The fourth-order valence-corrected chi connectivity index (χ4v) is 1.87. The highest BCUT2D eigenvalue weighted by molar-refractivity contribution is 5.62. The summed E-state index contributed by atoms with van der Waals surface area (Å²) in [6.07, 6.45) is 0. The summed E-state index contributed by atoms with van der Waals surface area (Å²) in [5.41, 5.74) is 0.800. The maximum atomic E-state index is 11.7. The number of hydrogen-bond donors (Lipinski definition) is 1. The number of nitro groups is 1. The van der Waals surface area contributed by atoms with Crippen LogP contribution in [0, 0.1) is 10.1 Å². The number of nitrogens with one attached hydrogen (secondary N) is 1. The summed E-state index contributed by atoms with van der Waals surface area (Å²) in [4.78, 5) is 22.1. The Bertz CT molecular complexity index is 726. The second-order valence-electron chi connectivity index (χ2n) is 4.23. The van der Waals surface area contributed by atoms with E-state index >= 15 is 0 Å². The van der Waals surface area contributed by atoms with Crippen molar-refractivity contribution in [3.05, 3.63) is 56.4 Å². The first-order chi connectivity index (χ1) is 10.0. The number of benzene rings is 1. The third kappa shape index (κ3) is 3.16. The molecule has 0 aliphatic rings. The topological polar surface area (TPSA) is 99.3 Å². The van der Waals surface area contributed by atoms with Gasteiger partial charge in [-0.1, -0.05) is 6.07 Å². The largest absolute Gasteiger partial charge is 0.480 e. The van der Waals surface area contributed by atoms with Crippen LogP contribution >= 0.6 is 0 Å². The smallest absolute Gasteiger partial charge is 0.292 e. The quantitative estimate of drug-likeness (QED) is 0.657. The van der Waals surface area contributed by atoms with Crippen LogP contribution in [-0.4, -0.2) is 28.9 Å². The number of nitrogens with zero attached hydrogens (tertiary/aromatic N) is 3. The van der Waals surface area contributed by atoms with E-state index in [9.17, 15) is 14.9 Å². The lowest BCUT2D eigenvalue weighted by molar-refractivity contribution is -0.384. The number of nitro benzene ring substituents is 1. The Morgan fingerprint density at radius 1 is 1.38 bits per heavy atom. The van der Waals surface area contributed by atoms with Crippen LogP contribution in [0.2, 0.25) is 0 Å². The SMILES string of the molecule is CNc1cc(Cn2nc(OC)ccc2=O)ccc1[N+](=O)[O-]. The van der Waals surface area contributed by atoms with Crippen LogP contribution in [0.4, 0.5) is 11.4 Å². The van der Waals surface area contributed by atoms with Crippen molar-refractivity contribution in [1.82, 2.24) is 9.78 Å². The van der Waals surface area contributed by atoms with Crippen molar-refractivity contribution in [2.45, 2.75) is 6.54 Å². The van der Waals surface area contributed by atoms with Crippen LogP contribution in [-0.2, 0) is 6.54 Å². The molecule has 0 bridgehead atoms. The lowest BCUT2D eigenvalue weighted by Gasteiger charge is -2.08. The van der Waals surface area contributed by atoms with Gasteiger partial charge in [0, 0.05) is 25.2 Å². The zero-order chi connectivity index (χ0) is 15.4. The van der Waals surface area contributed by atoms with E-state index in [1.165, 1.54) is 30.0 Å². The van der Waals surface area contributed by atoms with E-state index in [0.717, 1.165) is 0 Å². The van der Waals surface area contributed by atoms with Crippen molar-refractivity contribution in [3.63, 3.8) is 0 Å². The first-order valence-corrected chi connectivity index (χ1v) is 6.12. The van der Waals surface area contributed by atoms with E-state index < -0.39 is 4.92 Å². The van der Waals surface area contributed by atoms with Crippen molar-refractivity contribution in [3.8, 4) is 5.88 Å². The Kier molecular flexibility index (Phi) is 4.17. The van der Waals surface area contributed by atoms with E-state index in [1.807, 2.05) is 0 Å². The molecule has 0 aliphatic carbocycles. The number of aromatic nitrogens is 2. The molecule has 0 radical (unpaired) electrons. The molecule has 1 aromatic carbocycles. The molecule has 21 heavy (non-hydrogen) atoms. The molecule has 0 unspecified atom stereocenters. The number of methoxy groups -OCH3 is 1. The molecular weight excluding hydrogens is 276 g/mol. The highest BCUT2D eigenvalue weighted by Gasteiger charge is 2.13. The van der Waals surface area contributed by atoms with E-state index in [-0.39, 0.29) is 17.8 Å². The molecule has 0 atom stereocenters. The minimum atomic E-state index is -0.467. The Morgan fingerprint density at radius 3 is 2.76 bits per heavy atom. The van der Waals surface area contributed by atoms with Gasteiger partial charge in [-0.15, -0.1) is 5.10 Å². The molecule has 0 saturated heterocycles. The van der Waals surface area contributed by atoms with Gasteiger partial charge in [0.2, 0.25) is 5.88 Å². The van der Waals surface area contributed by atoms with Gasteiger partial charge in [-0.2, -0.15) is 0 Å². The fraction of sp³-hybridized carbons (Fsp3) is 0.231. The van der Waals surface area contributed by atoms with E-state index in [1.54, 1.807) is 19.2 Å². The van der Waals surface area contributed by atoms with Crippen molar-refractivity contribution in [1.29, 1.82) is 0 Å². The van der Waals surface area contributed by atoms with Crippen LogP contribution < -0.4 is 15.6 Å². The van der Waals surface area contributed by atoms with Gasteiger partial charge in [-0.05, 0) is 11.6 Å². The summed E-state index contributed by atoms with van der Waals surface area (Å²) < 4.78 is 6.21. The van der Waals surface area contributed by atoms with Gasteiger partial charge in [-0.3, -0.25) is 14.9 Å². The average molecular weight is 290 g/mol. The summed E-state index contributed by atoms with van der Waals surface area (Å²) in [5.74, 6) is 0.324. The van der Waals surface area contributed by atoms with Crippen LogP contribution in [0.5, 0.6) is 5.88 Å². The minimum absolute atomic E-state index is 0.0211. The van der Waals surface area contributed by atoms with Crippen molar-refractivity contribution in [2.75, 3.05) is 19.5 Å². The predicted molar refractivity (Wildman–Crippen MR) is 76.8 cm³/mol. The lowest BCUT2D eigenvalue weighted by atomic mass is 10.1. The number of hydrogen-bond acceptors (Lipinski definition) is 6.